The number of rotatable bonds is 5. The van der Waals surface area contributed by atoms with Crippen LogP contribution in [0.25, 0.3) is 5.69 Å². The Morgan fingerprint density at radius 2 is 1.79 bits per heavy atom. The first-order valence-corrected chi connectivity index (χ1v) is 10.2. The molecule has 0 atom stereocenters. The van der Waals surface area contributed by atoms with E-state index in [1.54, 1.807) is 54.9 Å². The lowest BCUT2D eigenvalue weighted by molar-refractivity contribution is 0.0525. The highest BCUT2D eigenvalue weighted by atomic mass is 79.9. The Bertz CT molecular complexity index is 1060. The first-order chi connectivity index (χ1) is 13.9. The van der Waals surface area contributed by atoms with Gasteiger partial charge in [0.25, 0.3) is 11.8 Å². The molecule has 2 amide bonds. The van der Waals surface area contributed by atoms with Crippen molar-refractivity contribution in [2.45, 2.75) is 13.8 Å². The molecule has 0 spiro atoms. The van der Waals surface area contributed by atoms with E-state index in [1.165, 1.54) is 17.5 Å². The fraction of sp³-hybridized carbons (Fsp3) is 0.158. The van der Waals surface area contributed by atoms with E-state index < -0.39 is 17.8 Å². The molecule has 0 fully saturated rings. The van der Waals surface area contributed by atoms with Gasteiger partial charge in [0.1, 0.15) is 5.56 Å². The summed E-state index contributed by atoms with van der Waals surface area (Å²) in [6.07, 6.45) is 1.45. The van der Waals surface area contributed by atoms with Crippen molar-refractivity contribution in [3.63, 3.8) is 0 Å². The van der Waals surface area contributed by atoms with Crippen LogP contribution in [0.3, 0.4) is 0 Å². The third kappa shape index (κ3) is 4.72. The van der Waals surface area contributed by atoms with Crippen LogP contribution in [-0.2, 0) is 4.74 Å². The number of aromatic nitrogens is 2. The SMILES string of the molecule is CCOC(=O)c1cnn(-c2ccc(C(=O)NNC(=O)c3ccc(Br)s3)cc2)c1C. The fourth-order valence-electron chi connectivity index (χ4n) is 2.52. The number of hydrogen-bond donors (Lipinski definition) is 2. The monoisotopic (exact) mass is 476 g/mol. The zero-order valence-corrected chi connectivity index (χ0v) is 18.0. The Labute approximate surface area is 179 Å². The largest absolute Gasteiger partial charge is 0.462 e. The van der Waals surface area contributed by atoms with Gasteiger partial charge in [-0.3, -0.25) is 20.4 Å². The summed E-state index contributed by atoms with van der Waals surface area (Å²) >= 11 is 4.55. The maximum absolute atomic E-state index is 12.3. The molecule has 2 heterocycles. The molecular formula is C19H17BrN4O4S. The standard InChI is InChI=1S/C19H17BrN4O4S/c1-3-28-19(27)14-10-21-24(11(14)2)13-6-4-12(5-7-13)17(25)22-23-18(26)15-8-9-16(20)29-15/h4-10H,3H2,1-2H3,(H,22,25)(H,23,26). The first-order valence-electron chi connectivity index (χ1n) is 8.59. The number of carbonyl (C=O) groups excluding carboxylic acids is 3. The molecule has 150 valence electrons. The molecule has 0 radical (unpaired) electrons. The summed E-state index contributed by atoms with van der Waals surface area (Å²) in [4.78, 5) is 36.6. The number of nitrogens with zero attached hydrogens (tertiary/aromatic N) is 2. The number of hydrogen-bond acceptors (Lipinski definition) is 6. The highest BCUT2D eigenvalue weighted by Gasteiger charge is 2.16. The van der Waals surface area contributed by atoms with Crippen LogP contribution in [0.1, 0.15) is 43.0 Å². The second kappa shape index (κ2) is 9.01. The van der Waals surface area contributed by atoms with Crippen LogP contribution in [0, 0.1) is 6.92 Å². The van der Waals surface area contributed by atoms with Crippen molar-refractivity contribution >= 4 is 45.1 Å². The molecule has 10 heteroatoms. The Kier molecular flexibility index (Phi) is 6.45. The molecule has 1 aromatic carbocycles. The molecule has 0 aliphatic carbocycles. The highest BCUT2D eigenvalue weighted by molar-refractivity contribution is 9.11. The van der Waals surface area contributed by atoms with E-state index in [1.807, 2.05) is 0 Å². The fourth-order valence-corrected chi connectivity index (χ4v) is 3.80. The van der Waals surface area contributed by atoms with Crippen LogP contribution in [0.5, 0.6) is 0 Å². The Balaban J connectivity index is 1.66. The first kappa shape index (κ1) is 20.7. The van der Waals surface area contributed by atoms with Gasteiger partial charge in [0, 0.05) is 5.56 Å². The summed E-state index contributed by atoms with van der Waals surface area (Å²) < 4.78 is 7.42. The van der Waals surface area contributed by atoms with E-state index in [2.05, 4.69) is 31.9 Å². The van der Waals surface area contributed by atoms with Crippen LogP contribution in [0.2, 0.25) is 0 Å². The van der Waals surface area contributed by atoms with Gasteiger partial charge >= 0.3 is 5.97 Å². The van der Waals surface area contributed by atoms with E-state index >= 15 is 0 Å². The van der Waals surface area contributed by atoms with E-state index in [-0.39, 0.29) is 6.61 Å². The lowest BCUT2D eigenvalue weighted by Gasteiger charge is -2.08. The van der Waals surface area contributed by atoms with Gasteiger partial charge in [-0.05, 0) is 66.2 Å². The summed E-state index contributed by atoms with van der Waals surface area (Å²) in [5.41, 5.74) is 6.82. The number of amides is 2. The molecule has 3 rings (SSSR count). The number of nitrogens with one attached hydrogen (secondary N) is 2. The molecule has 2 aromatic heterocycles. The summed E-state index contributed by atoms with van der Waals surface area (Å²) in [7, 11) is 0. The van der Waals surface area contributed by atoms with Gasteiger partial charge in [-0.15, -0.1) is 11.3 Å². The number of hydrazine groups is 1. The smallest absolute Gasteiger partial charge is 0.341 e. The van der Waals surface area contributed by atoms with Crippen molar-refractivity contribution in [1.82, 2.24) is 20.6 Å². The number of esters is 1. The van der Waals surface area contributed by atoms with Gasteiger partial charge in [0.2, 0.25) is 0 Å². The third-order valence-corrected chi connectivity index (χ3v) is 5.59. The van der Waals surface area contributed by atoms with E-state index in [0.29, 0.717) is 27.4 Å². The molecule has 0 saturated carbocycles. The molecule has 0 unspecified atom stereocenters. The number of halogens is 1. The van der Waals surface area contributed by atoms with E-state index in [4.69, 9.17) is 4.74 Å². The van der Waals surface area contributed by atoms with Gasteiger partial charge in [0.05, 0.1) is 32.8 Å². The molecule has 0 aliphatic heterocycles. The van der Waals surface area contributed by atoms with E-state index in [9.17, 15) is 14.4 Å². The normalized spacial score (nSPS) is 10.4. The van der Waals surface area contributed by atoms with Crippen LogP contribution in [0.4, 0.5) is 0 Å². The van der Waals surface area contributed by atoms with Crippen molar-refractivity contribution < 1.29 is 19.1 Å². The Morgan fingerprint density at radius 3 is 2.41 bits per heavy atom. The minimum Gasteiger partial charge on any atom is -0.462 e. The number of benzene rings is 1. The number of thiophene rings is 1. The lowest BCUT2D eigenvalue weighted by Crippen LogP contribution is -2.41. The summed E-state index contributed by atoms with van der Waals surface area (Å²) in [5, 5.41) is 4.21. The van der Waals surface area contributed by atoms with Crippen molar-refractivity contribution in [2.75, 3.05) is 6.61 Å². The molecule has 2 N–H and O–H groups in total. The number of carbonyl (C=O) groups is 3. The zero-order chi connectivity index (χ0) is 21.0. The quantitative estimate of drug-likeness (QED) is 0.434. The average Bonchev–Trinajstić information content (AvgIpc) is 3.32. The van der Waals surface area contributed by atoms with Crippen LogP contribution >= 0.6 is 27.3 Å². The maximum Gasteiger partial charge on any atom is 0.341 e. The zero-order valence-electron chi connectivity index (χ0n) is 15.6. The molecule has 3 aromatic rings. The Morgan fingerprint density at radius 1 is 1.10 bits per heavy atom. The molecule has 0 bridgehead atoms. The van der Waals surface area contributed by atoms with Crippen LogP contribution in [0.15, 0.2) is 46.4 Å². The number of ether oxygens (including phenoxy) is 1. The maximum atomic E-state index is 12.3. The van der Waals surface area contributed by atoms with Crippen molar-refractivity contribution in [2.24, 2.45) is 0 Å². The van der Waals surface area contributed by atoms with Gasteiger partial charge in [-0.1, -0.05) is 0 Å². The van der Waals surface area contributed by atoms with Gasteiger partial charge in [-0.25, -0.2) is 9.48 Å². The molecule has 0 saturated heterocycles. The summed E-state index contributed by atoms with van der Waals surface area (Å²) in [5.74, 6) is -1.28. The second-order valence-electron chi connectivity index (χ2n) is 5.83. The highest BCUT2D eigenvalue weighted by Crippen LogP contribution is 2.21. The lowest BCUT2D eigenvalue weighted by atomic mass is 10.2. The average molecular weight is 477 g/mol. The van der Waals surface area contributed by atoms with Crippen LogP contribution < -0.4 is 10.9 Å². The van der Waals surface area contributed by atoms with Crippen molar-refractivity contribution in [3.8, 4) is 5.69 Å². The minimum atomic E-state index is -0.454. The third-order valence-electron chi connectivity index (χ3n) is 3.97. The summed E-state index contributed by atoms with van der Waals surface area (Å²) in [6.45, 7) is 3.79. The predicted molar refractivity (Wildman–Crippen MR) is 111 cm³/mol. The van der Waals surface area contributed by atoms with Crippen LogP contribution in [-0.4, -0.2) is 34.2 Å². The Hall–Kier alpha value is -2.98. The molecular weight excluding hydrogens is 460 g/mol. The van der Waals surface area contributed by atoms with Gasteiger partial charge in [-0.2, -0.15) is 5.10 Å². The topological polar surface area (TPSA) is 102 Å². The van der Waals surface area contributed by atoms with E-state index in [0.717, 1.165) is 3.79 Å². The summed E-state index contributed by atoms with van der Waals surface area (Å²) in [6, 6.07) is 10.0. The van der Waals surface area contributed by atoms with Gasteiger partial charge < -0.3 is 4.74 Å². The predicted octanol–water partition coefficient (Wildman–Crippen LogP) is 3.26. The second-order valence-corrected chi connectivity index (χ2v) is 8.30. The molecule has 29 heavy (non-hydrogen) atoms. The van der Waals surface area contributed by atoms with Crippen molar-refractivity contribution in [3.05, 3.63) is 68.1 Å². The molecule has 0 aliphatic rings. The van der Waals surface area contributed by atoms with Gasteiger partial charge in [0.15, 0.2) is 0 Å². The van der Waals surface area contributed by atoms with Crippen molar-refractivity contribution in [1.29, 1.82) is 0 Å². The molecule has 8 nitrogen and oxygen atoms in total. The minimum absolute atomic E-state index is 0.285.